The van der Waals surface area contributed by atoms with Gasteiger partial charge in [-0.2, -0.15) is 0 Å². The third-order valence-electron chi connectivity index (χ3n) is 11.0. The first kappa shape index (κ1) is 28.1. The van der Waals surface area contributed by atoms with Crippen molar-refractivity contribution in [1.29, 1.82) is 0 Å². The van der Waals surface area contributed by atoms with Gasteiger partial charge < -0.3 is 15.0 Å². The minimum atomic E-state index is -2.85. The number of aryl methyl sites for hydroxylation is 1. The van der Waals surface area contributed by atoms with E-state index in [2.05, 4.69) is 30.4 Å². The molecule has 5 atom stereocenters. The van der Waals surface area contributed by atoms with Crippen molar-refractivity contribution >= 4 is 39.7 Å². The minimum Gasteiger partial charge on any atom is -0.378 e. The molecule has 1 saturated heterocycles. The molecule has 224 valence electrons. The molecule has 7 rings (SSSR count). The van der Waals surface area contributed by atoms with Gasteiger partial charge in [-0.1, -0.05) is 19.1 Å². The zero-order valence-electron chi connectivity index (χ0n) is 24.4. The first-order chi connectivity index (χ1) is 20.2. The molecule has 0 bridgehead atoms. The van der Waals surface area contributed by atoms with E-state index in [0.717, 1.165) is 55.5 Å². The molecule has 2 aromatic rings. The second-order valence-electron chi connectivity index (χ2n) is 13.3. The van der Waals surface area contributed by atoms with Crippen molar-refractivity contribution in [1.82, 2.24) is 4.90 Å². The number of ether oxygens (including phenoxy) is 1. The van der Waals surface area contributed by atoms with E-state index in [4.69, 9.17) is 4.74 Å². The van der Waals surface area contributed by atoms with Gasteiger partial charge in [0.05, 0.1) is 18.1 Å². The van der Waals surface area contributed by atoms with Crippen LogP contribution < -0.4 is 5.32 Å². The van der Waals surface area contributed by atoms with E-state index in [-0.39, 0.29) is 11.3 Å². The Morgan fingerprint density at radius 2 is 1.90 bits per heavy atom. The molecule has 2 aliphatic heterocycles. The molecule has 5 aliphatic rings. The molecule has 0 spiro atoms. The van der Waals surface area contributed by atoms with E-state index < -0.39 is 10.6 Å². The summed E-state index contributed by atoms with van der Waals surface area (Å²) in [5.41, 5.74) is 5.31. The van der Waals surface area contributed by atoms with Crippen LogP contribution >= 0.6 is 10.6 Å². The quantitative estimate of drug-likeness (QED) is 0.329. The number of carbonyl (C=O) groups excluding carboxylic acids is 2. The number of morpholine rings is 1. The number of Topliss-reactive ketones (excluding diaryl/α,β-unsaturated/α-hetero) is 1. The lowest BCUT2D eigenvalue weighted by molar-refractivity contribution is -0.135. The summed E-state index contributed by atoms with van der Waals surface area (Å²) >= 11 is 0. The molecule has 0 aromatic heterocycles. The number of ketones is 1. The van der Waals surface area contributed by atoms with Gasteiger partial charge in [0.15, 0.2) is 0 Å². The highest BCUT2D eigenvalue weighted by Gasteiger charge is 2.58. The molecule has 7 nitrogen and oxygen atoms in total. The summed E-state index contributed by atoms with van der Waals surface area (Å²) in [5.74, 6) is 2.43. The molecule has 1 amide bonds. The van der Waals surface area contributed by atoms with Gasteiger partial charge in [0.1, 0.15) is 5.78 Å². The molecule has 3 aliphatic carbocycles. The van der Waals surface area contributed by atoms with Crippen molar-refractivity contribution in [3.63, 3.8) is 0 Å². The van der Waals surface area contributed by atoms with Crippen molar-refractivity contribution in [3.05, 3.63) is 58.5 Å². The van der Waals surface area contributed by atoms with Crippen LogP contribution in [0.5, 0.6) is 0 Å². The maximum atomic E-state index is 13.4. The van der Waals surface area contributed by atoms with Crippen LogP contribution in [0.15, 0.2) is 46.7 Å². The number of nitrogens with one attached hydrogen (secondary N) is 1. The number of hydrogen-bond donors (Lipinski definition) is 3. The zero-order chi connectivity index (χ0) is 29.1. The Balaban J connectivity index is 1.05. The van der Waals surface area contributed by atoms with Crippen LogP contribution in [0.1, 0.15) is 74.5 Å². The molecule has 2 aromatic carbocycles. The molecule has 42 heavy (non-hydrogen) atoms. The molecule has 0 radical (unpaired) electrons. The fourth-order valence-corrected chi connectivity index (χ4v) is 10.2. The smallest absolute Gasteiger partial charge is 0.222 e. The lowest BCUT2D eigenvalue weighted by atomic mass is 9.54. The van der Waals surface area contributed by atoms with Crippen LogP contribution in [0, 0.1) is 23.2 Å². The number of amides is 1. The molecule has 0 unspecified atom stereocenters. The molecule has 3 fully saturated rings. The maximum absolute atomic E-state index is 13.4. The van der Waals surface area contributed by atoms with Crippen LogP contribution in [-0.4, -0.2) is 52.0 Å². The third kappa shape index (κ3) is 4.90. The monoisotopic (exact) mass is 590 g/mol. The second kappa shape index (κ2) is 10.8. The van der Waals surface area contributed by atoms with Gasteiger partial charge in [0.2, 0.25) is 5.91 Å². The Morgan fingerprint density at radius 3 is 2.74 bits per heavy atom. The van der Waals surface area contributed by atoms with Crippen LogP contribution in [0.3, 0.4) is 0 Å². The van der Waals surface area contributed by atoms with E-state index in [1.54, 1.807) is 6.08 Å². The number of benzene rings is 2. The topological polar surface area (TPSA) is 99.1 Å². The Hall–Kier alpha value is -2.65. The predicted molar refractivity (Wildman–Crippen MR) is 166 cm³/mol. The van der Waals surface area contributed by atoms with E-state index in [1.165, 1.54) is 16.5 Å². The fraction of sp³-hybridized carbons (Fsp3) is 0.529. The van der Waals surface area contributed by atoms with Gasteiger partial charge in [-0.25, -0.2) is 0 Å². The van der Waals surface area contributed by atoms with E-state index in [0.29, 0.717) is 73.5 Å². The largest absolute Gasteiger partial charge is 0.378 e. The SMILES string of the molecule is C[C@]12CC[C@@H]3c4ccc(Nc5ccc6c(c5)S(O)(O)C=C6)cc4CC[C@H]3[C@@H]1[C@@H](CCCC(=O)N1CCOCC1)CC2=O. The maximum Gasteiger partial charge on any atom is 0.222 e. The van der Waals surface area contributed by atoms with Gasteiger partial charge >= 0.3 is 0 Å². The standard InChI is InChI=1S/C34H42N2O5S/c1-34-13-11-28-27-10-8-25(35-26-7-5-22-12-18-42(39,40)30(22)21-26)19-23(27)6-9-29(28)33(34)24(20-31(34)37)3-2-4-32(38)36-14-16-41-17-15-36/h5,7-8,10,12,18-19,21,24,28-29,33,35,39-40H,2-4,6,9,11,13-17,20H2,1H3/t24-,28+,29+,33-,34+/m0/s1. The third-order valence-corrected chi connectivity index (χ3v) is 12.5. The molecular weight excluding hydrogens is 548 g/mol. The number of anilines is 2. The van der Waals surface area contributed by atoms with Crippen molar-refractivity contribution in [2.45, 2.75) is 69.1 Å². The van der Waals surface area contributed by atoms with Crippen LogP contribution in [0.2, 0.25) is 0 Å². The van der Waals surface area contributed by atoms with Crippen molar-refractivity contribution in [2.75, 3.05) is 31.6 Å². The number of fused-ring (bicyclic) bond motifs is 6. The molecule has 3 N–H and O–H groups in total. The summed E-state index contributed by atoms with van der Waals surface area (Å²) in [6.45, 7) is 4.89. The summed E-state index contributed by atoms with van der Waals surface area (Å²) in [6.07, 6.45) is 8.95. The highest BCUT2D eigenvalue weighted by Crippen LogP contribution is 2.62. The van der Waals surface area contributed by atoms with Crippen LogP contribution in [-0.2, 0) is 20.7 Å². The lowest BCUT2D eigenvalue weighted by Crippen LogP contribution is -2.44. The molecule has 8 heteroatoms. The van der Waals surface area contributed by atoms with Gasteiger partial charge in [0.25, 0.3) is 0 Å². The van der Waals surface area contributed by atoms with Crippen molar-refractivity contribution < 1.29 is 23.4 Å². The number of hydrogen-bond acceptors (Lipinski definition) is 6. The van der Waals surface area contributed by atoms with Gasteiger partial charge in [0, 0.05) is 48.1 Å². The van der Waals surface area contributed by atoms with Crippen LogP contribution in [0.25, 0.3) is 6.08 Å². The van der Waals surface area contributed by atoms with Gasteiger partial charge in [-0.15, -0.1) is 10.6 Å². The fourth-order valence-electron chi connectivity index (χ4n) is 8.89. The Morgan fingerprint density at radius 1 is 1.12 bits per heavy atom. The van der Waals surface area contributed by atoms with E-state index in [9.17, 15) is 18.7 Å². The first-order valence-electron chi connectivity index (χ1n) is 15.6. The normalized spacial score (nSPS) is 31.6. The molecule has 2 heterocycles. The minimum absolute atomic E-state index is 0.224. The van der Waals surface area contributed by atoms with E-state index in [1.807, 2.05) is 23.1 Å². The lowest BCUT2D eigenvalue weighted by Gasteiger charge is -2.50. The summed E-state index contributed by atoms with van der Waals surface area (Å²) < 4.78 is 26.1. The van der Waals surface area contributed by atoms with Gasteiger partial charge in [-0.3, -0.25) is 18.7 Å². The van der Waals surface area contributed by atoms with Gasteiger partial charge in [-0.05, 0) is 109 Å². The first-order valence-corrected chi connectivity index (χ1v) is 17.2. The number of rotatable bonds is 6. The highest BCUT2D eigenvalue weighted by atomic mass is 32.3. The molecular formula is C34H42N2O5S. The van der Waals surface area contributed by atoms with Crippen LogP contribution in [0.4, 0.5) is 11.4 Å². The summed E-state index contributed by atoms with van der Waals surface area (Å²) in [4.78, 5) is 28.7. The number of carbonyl (C=O) groups is 2. The predicted octanol–water partition coefficient (Wildman–Crippen LogP) is 7.20. The van der Waals surface area contributed by atoms with Crippen molar-refractivity contribution in [3.8, 4) is 0 Å². The highest BCUT2D eigenvalue weighted by molar-refractivity contribution is 8.27. The Bertz CT molecular complexity index is 1430. The average molecular weight is 591 g/mol. The Labute approximate surface area is 250 Å². The number of nitrogens with zero attached hydrogens (tertiary/aromatic N) is 1. The van der Waals surface area contributed by atoms with E-state index >= 15 is 0 Å². The summed E-state index contributed by atoms with van der Waals surface area (Å²) in [6, 6.07) is 12.4. The average Bonchev–Trinajstić information content (AvgIpc) is 3.44. The second-order valence-corrected chi connectivity index (χ2v) is 15.1. The summed E-state index contributed by atoms with van der Waals surface area (Å²) in [5, 5.41) is 4.97. The molecule has 2 saturated carbocycles. The zero-order valence-corrected chi connectivity index (χ0v) is 25.2. The summed E-state index contributed by atoms with van der Waals surface area (Å²) in [7, 11) is -2.85. The van der Waals surface area contributed by atoms with Crippen molar-refractivity contribution in [2.24, 2.45) is 23.2 Å². The Kier molecular flexibility index (Phi) is 7.24.